The fourth-order valence-corrected chi connectivity index (χ4v) is 5.53. The molecular weight excluding hydrogens is 485 g/mol. The third kappa shape index (κ3) is 4.84. The van der Waals surface area contributed by atoms with Crippen LogP contribution in [0.4, 0.5) is 15.9 Å². The Morgan fingerprint density at radius 2 is 1.53 bits per heavy atom. The van der Waals surface area contributed by atoms with Crippen LogP contribution in [-0.2, 0) is 0 Å². The first kappa shape index (κ1) is 24.8. The van der Waals surface area contributed by atoms with Crippen molar-refractivity contribution in [2.45, 2.75) is 18.9 Å². The third-order valence-electron chi connectivity index (χ3n) is 7.65. The quantitative estimate of drug-likeness (QED) is 0.400. The van der Waals surface area contributed by atoms with E-state index in [0.717, 1.165) is 59.8 Å². The average molecular weight is 518 g/mol. The molecular formula is C29H32FN5O3. The highest BCUT2D eigenvalue weighted by molar-refractivity contribution is 6.06. The van der Waals surface area contributed by atoms with Gasteiger partial charge < -0.3 is 24.4 Å². The van der Waals surface area contributed by atoms with Crippen LogP contribution in [0.1, 0.15) is 12.8 Å². The molecule has 0 atom stereocenters. The van der Waals surface area contributed by atoms with E-state index in [1.807, 2.05) is 0 Å². The molecule has 0 aliphatic carbocycles. The lowest BCUT2D eigenvalue weighted by atomic mass is 9.98. The number of furan rings is 1. The van der Waals surface area contributed by atoms with Crippen molar-refractivity contribution in [2.24, 2.45) is 0 Å². The summed E-state index contributed by atoms with van der Waals surface area (Å²) in [6.07, 6.45) is 2.58. The molecule has 2 aliphatic heterocycles. The summed E-state index contributed by atoms with van der Waals surface area (Å²) in [7, 11) is 0. The van der Waals surface area contributed by atoms with Gasteiger partial charge >= 0.3 is 0 Å². The highest BCUT2D eigenvalue weighted by Crippen LogP contribution is 2.44. The lowest BCUT2D eigenvalue weighted by Gasteiger charge is -2.35. The Balaban J connectivity index is 1.39. The van der Waals surface area contributed by atoms with Gasteiger partial charge in [-0.05, 0) is 54.8 Å². The Morgan fingerprint density at radius 1 is 0.842 bits per heavy atom. The molecule has 2 aromatic heterocycles. The summed E-state index contributed by atoms with van der Waals surface area (Å²) in [5, 5.41) is 20.0. The van der Waals surface area contributed by atoms with E-state index in [1.54, 1.807) is 12.1 Å². The van der Waals surface area contributed by atoms with Crippen molar-refractivity contribution < 1.29 is 19.0 Å². The SMILES string of the molecule is OCCN1CCN(c2ccc(-c3oc4ncnc(N5CCC(O)CC5)c4c3-c3ccc(F)cc3)cc2)CC1. The lowest BCUT2D eigenvalue weighted by Crippen LogP contribution is -2.47. The summed E-state index contributed by atoms with van der Waals surface area (Å²) in [6.45, 7) is 5.96. The molecule has 4 aromatic rings. The van der Waals surface area contributed by atoms with Crippen molar-refractivity contribution in [1.82, 2.24) is 14.9 Å². The van der Waals surface area contributed by atoms with Crippen LogP contribution in [0.15, 0.2) is 59.3 Å². The van der Waals surface area contributed by atoms with E-state index < -0.39 is 0 Å². The van der Waals surface area contributed by atoms with Gasteiger partial charge in [0.25, 0.3) is 0 Å². The second kappa shape index (κ2) is 10.7. The fraction of sp³-hybridized carbons (Fsp3) is 0.379. The number of piperazine rings is 1. The number of aromatic nitrogens is 2. The van der Waals surface area contributed by atoms with Gasteiger partial charge in [0.2, 0.25) is 5.71 Å². The highest BCUT2D eigenvalue weighted by Gasteiger charge is 2.27. The van der Waals surface area contributed by atoms with E-state index in [-0.39, 0.29) is 18.5 Å². The molecule has 8 nitrogen and oxygen atoms in total. The van der Waals surface area contributed by atoms with Gasteiger partial charge in [-0.25, -0.2) is 14.4 Å². The molecule has 198 valence electrons. The minimum Gasteiger partial charge on any atom is -0.437 e. The van der Waals surface area contributed by atoms with E-state index >= 15 is 0 Å². The topological polar surface area (TPSA) is 89.1 Å². The average Bonchev–Trinajstić information content (AvgIpc) is 3.35. The Hall–Kier alpha value is -3.53. The Bertz CT molecular complexity index is 1380. The number of hydrogen-bond donors (Lipinski definition) is 2. The van der Waals surface area contributed by atoms with Gasteiger partial charge in [-0.15, -0.1) is 0 Å². The predicted octanol–water partition coefficient (Wildman–Crippen LogP) is 3.77. The number of piperidine rings is 1. The van der Waals surface area contributed by atoms with Crippen molar-refractivity contribution >= 4 is 22.6 Å². The van der Waals surface area contributed by atoms with E-state index in [0.29, 0.717) is 43.9 Å². The molecule has 0 saturated carbocycles. The summed E-state index contributed by atoms with van der Waals surface area (Å²) in [5.41, 5.74) is 4.21. The molecule has 4 heterocycles. The van der Waals surface area contributed by atoms with Gasteiger partial charge in [-0.1, -0.05) is 12.1 Å². The van der Waals surface area contributed by atoms with Crippen LogP contribution in [0.5, 0.6) is 0 Å². The lowest BCUT2D eigenvalue weighted by molar-refractivity contribution is 0.145. The second-order valence-electron chi connectivity index (χ2n) is 10.0. The molecule has 9 heteroatoms. The molecule has 2 aromatic carbocycles. The van der Waals surface area contributed by atoms with Crippen LogP contribution < -0.4 is 9.80 Å². The molecule has 0 bridgehead atoms. The van der Waals surface area contributed by atoms with E-state index in [4.69, 9.17) is 4.42 Å². The molecule has 2 fully saturated rings. The molecule has 2 N–H and O–H groups in total. The summed E-state index contributed by atoms with van der Waals surface area (Å²) >= 11 is 0. The summed E-state index contributed by atoms with van der Waals surface area (Å²) in [6, 6.07) is 14.8. The molecule has 2 saturated heterocycles. The van der Waals surface area contributed by atoms with Crippen LogP contribution in [-0.4, -0.2) is 83.6 Å². The number of hydrogen-bond acceptors (Lipinski definition) is 8. The molecule has 0 amide bonds. The van der Waals surface area contributed by atoms with Crippen molar-refractivity contribution in [2.75, 3.05) is 62.2 Å². The monoisotopic (exact) mass is 517 g/mol. The zero-order chi connectivity index (χ0) is 26.1. The third-order valence-corrected chi connectivity index (χ3v) is 7.65. The van der Waals surface area contributed by atoms with E-state index in [2.05, 4.69) is 48.9 Å². The van der Waals surface area contributed by atoms with Crippen LogP contribution in [0.3, 0.4) is 0 Å². The molecule has 0 spiro atoms. The first-order chi connectivity index (χ1) is 18.6. The molecule has 2 aliphatic rings. The van der Waals surface area contributed by atoms with Crippen LogP contribution >= 0.6 is 0 Å². The van der Waals surface area contributed by atoms with Crippen LogP contribution in [0.25, 0.3) is 33.6 Å². The minimum absolute atomic E-state index is 0.189. The maximum absolute atomic E-state index is 13.9. The zero-order valence-electron chi connectivity index (χ0n) is 21.3. The van der Waals surface area contributed by atoms with Crippen molar-refractivity contribution in [3.05, 3.63) is 60.7 Å². The number of nitrogens with zero attached hydrogens (tertiary/aromatic N) is 5. The molecule has 0 unspecified atom stereocenters. The Kier molecular flexibility index (Phi) is 6.97. The van der Waals surface area contributed by atoms with Gasteiger partial charge in [-0.2, -0.15) is 0 Å². The number of fused-ring (bicyclic) bond motifs is 1. The zero-order valence-corrected chi connectivity index (χ0v) is 21.3. The number of anilines is 2. The van der Waals surface area contributed by atoms with Crippen molar-refractivity contribution in [3.8, 4) is 22.5 Å². The standard InChI is InChI=1S/C29H32FN5O3/c30-22-5-1-20(2-6-22)25-26-28(35-11-9-24(37)10-12-35)31-19-32-29(26)38-27(25)21-3-7-23(8-4-21)34-15-13-33(14-16-34)17-18-36/h1-8,19,24,36-37H,9-18H2. The smallest absolute Gasteiger partial charge is 0.232 e. The Labute approximate surface area is 220 Å². The van der Waals surface area contributed by atoms with Crippen LogP contribution in [0, 0.1) is 5.82 Å². The molecule has 6 rings (SSSR count). The minimum atomic E-state index is -0.298. The van der Waals surface area contributed by atoms with Gasteiger partial charge in [0, 0.05) is 62.6 Å². The first-order valence-corrected chi connectivity index (χ1v) is 13.3. The largest absolute Gasteiger partial charge is 0.437 e. The number of aliphatic hydroxyl groups excluding tert-OH is 2. The maximum Gasteiger partial charge on any atom is 0.232 e. The fourth-order valence-electron chi connectivity index (χ4n) is 5.53. The normalized spacial score (nSPS) is 17.4. The van der Waals surface area contributed by atoms with Crippen molar-refractivity contribution in [3.63, 3.8) is 0 Å². The summed E-state index contributed by atoms with van der Waals surface area (Å²) < 4.78 is 20.2. The molecule has 0 radical (unpaired) electrons. The number of halogens is 1. The maximum atomic E-state index is 13.9. The van der Waals surface area contributed by atoms with Crippen LogP contribution in [0.2, 0.25) is 0 Å². The second-order valence-corrected chi connectivity index (χ2v) is 10.0. The van der Waals surface area contributed by atoms with E-state index in [1.165, 1.54) is 18.5 Å². The van der Waals surface area contributed by atoms with Gasteiger partial charge in [0.1, 0.15) is 23.7 Å². The van der Waals surface area contributed by atoms with Gasteiger partial charge in [0.05, 0.1) is 18.1 Å². The van der Waals surface area contributed by atoms with Gasteiger partial charge in [0.15, 0.2) is 0 Å². The summed E-state index contributed by atoms with van der Waals surface area (Å²) in [4.78, 5) is 15.9. The number of rotatable bonds is 6. The highest BCUT2D eigenvalue weighted by atomic mass is 19.1. The van der Waals surface area contributed by atoms with E-state index in [9.17, 15) is 14.6 Å². The molecule has 38 heavy (non-hydrogen) atoms. The summed E-state index contributed by atoms with van der Waals surface area (Å²) in [5.74, 6) is 1.14. The number of benzene rings is 2. The number of β-amino-alcohol motifs (C(OH)–C–C–N with tert-alkyl or cyclic N) is 1. The predicted molar refractivity (Wildman–Crippen MR) is 146 cm³/mol. The van der Waals surface area contributed by atoms with Crippen molar-refractivity contribution in [1.29, 1.82) is 0 Å². The Morgan fingerprint density at radius 3 is 2.21 bits per heavy atom. The first-order valence-electron chi connectivity index (χ1n) is 13.3. The van der Waals surface area contributed by atoms with Gasteiger partial charge in [-0.3, -0.25) is 4.90 Å². The number of aliphatic hydroxyl groups is 2.